The molecule has 2 heterocycles. The summed E-state index contributed by atoms with van der Waals surface area (Å²) in [5.41, 5.74) is 0. The third-order valence-corrected chi connectivity index (χ3v) is 5.51. The number of carbonyl (C=O) groups excluding carboxylic acids is 1. The molecule has 0 bridgehead atoms. The van der Waals surface area contributed by atoms with Gasteiger partial charge in [-0.1, -0.05) is 0 Å². The lowest BCUT2D eigenvalue weighted by Crippen LogP contribution is -2.42. The Hall–Kier alpha value is -0.910. The first-order valence-corrected chi connectivity index (χ1v) is 8.68. The van der Waals surface area contributed by atoms with Crippen molar-refractivity contribution in [1.29, 1.82) is 0 Å². The Kier molecular flexibility index (Phi) is 4.93. The zero-order valence-corrected chi connectivity index (χ0v) is 13.5. The number of thiophene rings is 1. The van der Waals surface area contributed by atoms with Gasteiger partial charge in [0, 0.05) is 28.4 Å². The molecule has 2 fully saturated rings. The van der Waals surface area contributed by atoms with Gasteiger partial charge in [0.25, 0.3) is 0 Å². The lowest BCUT2D eigenvalue weighted by molar-refractivity contribution is -0.139. The van der Waals surface area contributed by atoms with Crippen LogP contribution in [0.15, 0.2) is 12.1 Å². The Morgan fingerprint density at radius 2 is 2.00 bits per heavy atom. The molecule has 0 unspecified atom stereocenters. The highest BCUT2D eigenvalue weighted by Gasteiger charge is 2.31. The van der Waals surface area contributed by atoms with Crippen LogP contribution in [0.25, 0.3) is 0 Å². The highest BCUT2D eigenvalue weighted by atomic mass is 32.1. The molecular formula is C16H24N2O2S. The molecule has 3 rings (SSSR count). The summed E-state index contributed by atoms with van der Waals surface area (Å²) < 4.78 is 4.70. The fourth-order valence-corrected chi connectivity index (χ4v) is 3.93. The smallest absolute Gasteiger partial charge is 0.310 e. The minimum Gasteiger partial charge on any atom is -0.469 e. The molecule has 0 spiro atoms. The van der Waals surface area contributed by atoms with Crippen molar-refractivity contribution in [2.45, 2.75) is 50.7 Å². The molecule has 2 aliphatic rings. The quantitative estimate of drug-likeness (QED) is 0.818. The van der Waals surface area contributed by atoms with Crippen LogP contribution in [0.3, 0.4) is 0 Å². The average Bonchev–Trinajstić information content (AvgIpc) is 3.27. The number of nitrogens with one attached hydrogen (secondary N) is 1. The summed E-state index contributed by atoms with van der Waals surface area (Å²) in [7, 11) is 1.44. The maximum Gasteiger partial charge on any atom is 0.310 e. The topological polar surface area (TPSA) is 41.6 Å². The number of piperidine rings is 1. The first-order valence-electron chi connectivity index (χ1n) is 7.86. The van der Waals surface area contributed by atoms with E-state index in [1.807, 2.05) is 6.07 Å². The first kappa shape index (κ1) is 15.0. The van der Waals surface area contributed by atoms with E-state index in [4.69, 9.17) is 4.74 Å². The standard InChI is InChI=1S/C16H24N2O2S/c1-20-16(19)10-14-4-5-15(21-14)11-17-12-6-8-18(9-7-12)13-2-3-13/h4-5,12-13,17H,2-3,6-11H2,1H3. The Morgan fingerprint density at radius 1 is 1.29 bits per heavy atom. The highest BCUT2D eigenvalue weighted by molar-refractivity contribution is 7.12. The third kappa shape index (κ3) is 4.28. The second-order valence-electron chi connectivity index (χ2n) is 6.04. The summed E-state index contributed by atoms with van der Waals surface area (Å²) in [6, 6.07) is 5.71. The number of esters is 1. The fraction of sp³-hybridized carbons (Fsp3) is 0.688. The number of rotatable bonds is 6. The molecule has 0 atom stereocenters. The minimum atomic E-state index is -0.163. The van der Waals surface area contributed by atoms with E-state index in [-0.39, 0.29) is 5.97 Å². The summed E-state index contributed by atoms with van der Waals surface area (Å²) in [5.74, 6) is -0.163. The lowest BCUT2D eigenvalue weighted by atomic mass is 10.0. The maximum atomic E-state index is 11.3. The SMILES string of the molecule is COC(=O)Cc1ccc(CNC2CCN(C3CC3)CC2)s1. The largest absolute Gasteiger partial charge is 0.469 e. The van der Waals surface area contributed by atoms with E-state index in [2.05, 4.69) is 16.3 Å². The maximum absolute atomic E-state index is 11.3. The summed E-state index contributed by atoms with van der Waals surface area (Å²) in [6.45, 7) is 3.42. The molecule has 1 saturated carbocycles. The number of nitrogens with zero attached hydrogens (tertiary/aromatic N) is 1. The van der Waals surface area contributed by atoms with Gasteiger partial charge in [0.1, 0.15) is 0 Å². The Bertz CT molecular complexity index is 476. The van der Waals surface area contributed by atoms with Crippen molar-refractivity contribution >= 4 is 17.3 Å². The van der Waals surface area contributed by atoms with Crippen LogP contribution in [0, 0.1) is 0 Å². The summed E-state index contributed by atoms with van der Waals surface area (Å²) >= 11 is 1.71. The van der Waals surface area contributed by atoms with Crippen LogP contribution in [-0.2, 0) is 22.5 Å². The Labute approximate surface area is 130 Å². The van der Waals surface area contributed by atoms with Gasteiger partial charge in [-0.3, -0.25) is 4.79 Å². The highest BCUT2D eigenvalue weighted by Crippen LogP contribution is 2.29. The van der Waals surface area contributed by atoms with Crippen molar-refractivity contribution < 1.29 is 9.53 Å². The van der Waals surface area contributed by atoms with Crippen LogP contribution >= 0.6 is 11.3 Å². The average molecular weight is 308 g/mol. The Morgan fingerprint density at radius 3 is 2.67 bits per heavy atom. The van der Waals surface area contributed by atoms with Gasteiger partial charge >= 0.3 is 5.97 Å². The van der Waals surface area contributed by atoms with E-state index in [1.165, 1.54) is 50.8 Å². The normalized spacial score (nSPS) is 20.6. The zero-order chi connectivity index (χ0) is 14.7. The molecule has 1 N–H and O–H groups in total. The molecule has 1 saturated heterocycles. The molecule has 0 amide bonds. The van der Waals surface area contributed by atoms with Crippen LogP contribution < -0.4 is 5.32 Å². The molecule has 21 heavy (non-hydrogen) atoms. The molecule has 116 valence electrons. The van der Waals surface area contributed by atoms with Crippen LogP contribution in [0.5, 0.6) is 0 Å². The van der Waals surface area contributed by atoms with Crippen molar-refractivity contribution in [1.82, 2.24) is 10.2 Å². The predicted molar refractivity (Wildman–Crippen MR) is 84.5 cm³/mol. The van der Waals surface area contributed by atoms with Gasteiger partial charge in [-0.2, -0.15) is 0 Å². The van der Waals surface area contributed by atoms with Gasteiger partial charge in [0.15, 0.2) is 0 Å². The molecule has 1 aliphatic carbocycles. The Balaban J connectivity index is 1.40. The number of carbonyl (C=O) groups is 1. The van der Waals surface area contributed by atoms with Crippen molar-refractivity contribution in [3.05, 3.63) is 21.9 Å². The lowest BCUT2D eigenvalue weighted by Gasteiger charge is -2.32. The monoisotopic (exact) mass is 308 g/mol. The number of hydrogen-bond donors (Lipinski definition) is 1. The molecule has 5 heteroatoms. The second-order valence-corrected chi connectivity index (χ2v) is 7.30. The van der Waals surface area contributed by atoms with Gasteiger partial charge in [0.2, 0.25) is 0 Å². The molecule has 1 aromatic heterocycles. The zero-order valence-electron chi connectivity index (χ0n) is 12.6. The number of likely N-dealkylation sites (tertiary alicyclic amines) is 1. The van der Waals surface area contributed by atoms with E-state index in [9.17, 15) is 4.79 Å². The van der Waals surface area contributed by atoms with Crippen LogP contribution in [0.4, 0.5) is 0 Å². The summed E-state index contributed by atoms with van der Waals surface area (Å²) in [4.78, 5) is 16.3. The molecular weight excluding hydrogens is 284 g/mol. The predicted octanol–water partition coefficient (Wildman–Crippen LogP) is 2.18. The molecule has 0 aromatic carbocycles. The van der Waals surface area contributed by atoms with Crippen molar-refractivity contribution in [3.63, 3.8) is 0 Å². The van der Waals surface area contributed by atoms with Gasteiger partial charge in [0.05, 0.1) is 13.5 Å². The number of methoxy groups -OCH3 is 1. The van der Waals surface area contributed by atoms with E-state index in [0.717, 1.165) is 17.5 Å². The fourth-order valence-electron chi connectivity index (χ4n) is 2.98. The van der Waals surface area contributed by atoms with Crippen LogP contribution in [0.2, 0.25) is 0 Å². The van der Waals surface area contributed by atoms with Gasteiger partial charge in [-0.15, -0.1) is 11.3 Å². The van der Waals surface area contributed by atoms with Gasteiger partial charge in [-0.25, -0.2) is 0 Å². The van der Waals surface area contributed by atoms with Gasteiger partial charge in [-0.05, 0) is 50.9 Å². The van der Waals surface area contributed by atoms with Crippen molar-refractivity contribution in [2.24, 2.45) is 0 Å². The second kappa shape index (κ2) is 6.90. The number of hydrogen-bond acceptors (Lipinski definition) is 5. The van der Waals surface area contributed by atoms with E-state index in [0.29, 0.717) is 12.5 Å². The van der Waals surface area contributed by atoms with Crippen molar-refractivity contribution in [2.75, 3.05) is 20.2 Å². The van der Waals surface area contributed by atoms with Crippen molar-refractivity contribution in [3.8, 4) is 0 Å². The van der Waals surface area contributed by atoms with E-state index >= 15 is 0 Å². The molecule has 4 nitrogen and oxygen atoms in total. The number of ether oxygens (including phenoxy) is 1. The van der Waals surface area contributed by atoms with Crippen LogP contribution in [0.1, 0.15) is 35.4 Å². The molecule has 1 aromatic rings. The molecule has 1 aliphatic heterocycles. The van der Waals surface area contributed by atoms with Crippen LogP contribution in [-0.4, -0.2) is 43.2 Å². The van der Waals surface area contributed by atoms with Gasteiger partial charge < -0.3 is 15.0 Å². The third-order valence-electron chi connectivity index (χ3n) is 4.42. The summed E-state index contributed by atoms with van der Waals surface area (Å²) in [6.07, 6.45) is 5.74. The first-order chi connectivity index (χ1) is 10.2. The van der Waals surface area contributed by atoms with E-state index in [1.54, 1.807) is 11.3 Å². The minimum absolute atomic E-state index is 0.163. The molecule has 0 radical (unpaired) electrons. The summed E-state index contributed by atoms with van der Waals surface area (Å²) in [5, 5.41) is 3.67. The van der Waals surface area contributed by atoms with E-state index < -0.39 is 0 Å².